The average molecular weight is 349 g/mol. The molecule has 2 heterocycles. The van der Waals surface area contributed by atoms with E-state index in [2.05, 4.69) is 40.0 Å². The number of fused-ring (bicyclic) bond motifs is 1. The minimum absolute atomic E-state index is 0.220. The van der Waals surface area contributed by atoms with Gasteiger partial charge in [-0.1, -0.05) is 12.1 Å². The van der Waals surface area contributed by atoms with E-state index in [4.69, 9.17) is 5.41 Å². The number of nitrogens with one attached hydrogen (secondary N) is 2. The Labute approximate surface area is 152 Å². The number of phenolic OH excluding ortho intramolecular Hbond substituents is 1. The van der Waals surface area contributed by atoms with Crippen LogP contribution in [0.3, 0.4) is 0 Å². The topological polar surface area (TPSA) is 77.2 Å². The summed E-state index contributed by atoms with van der Waals surface area (Å²) in [6.45, 7) is 4.96. The number of aromatic hydroxyl groups is 1. The number of nitrogens with zero attached hydrogens (tertiary/aromatic N) is 3. The third-order valence-corrected chi connectivity index (χ3v) is 5.27. The highest BCUT2D eigenvalue weighted by Crippen LogP contribution is 2.31. The Morgan fingerprint density at radius 1 is 1.23 bits per heavy atom. The van der Waals surface area contributed by atoms with Crippen LogP contribution in [0.25, 0.3) is 16.7 Å². The number of aromatic nitrogens is 2. The van der Waals surface area contributed by atoms with Gasteiger partial charge in [-0.2, -0.15) is 0 Å². The minimum Gasteiger partial charge on any atom is -0.508 e. The van der Waals surface area contributed by atoms with E-state index in [0.717, 1.165) is 41.1 Å². The van der Waals surface area contributed by atoms with Crippen LogP contribution in [0, 0.1) is 12.3 Å². The molecule has 0 saturated carbocycles. The Bertz CT molecular complexity index is 1010. The van der Waals surface area contributed by atoms with Crippen LogP contribution in [0.1, 0.15) is 24.7 Å². The summed E-state index contributed by atoms with van der Waals surface area (Å²) in [5.41, 5.74) is 3.64. The van der Waals surface area contributed by atoms with Gasteiger partial charge in [0.05, 0.1) is 16.6 Å². The van der Waals surface area contributed by atoms with E-state index in [1.807, 2.05) is 31.0 Å². The molecule has 26 heavy (non-hydrogen) atoms. The molecule has 1 aromatic heterocycles. The van der Waals surface area contributed by atoms with Crippen LogP contribution in [-0.4, -0.2) is 39.1 Å². The molecule has 1 atom stereocenters. The van der Waals surface area contributed by atoms with Gasteiger partial charge in [0.25, 0.3) is 0 Å². The first kappa shape index (κ1) is 16.4. The number of guanidine groups is 1. The molecule has 0 aliphatic carbocycles. The van der Waals surface area contributed by atoms with Crippen LogP contribution in [-0.2, 0) is 5.54 Å². The van der Waals surface area contributed by atoms with Crippen molar-refractivity contribution < 1.29 is 5.11 Å². The lowest BCUT2D eigenvalue weighted by atomic mass is 9.87. The number of rotatable bonds is 2. The third kappa shape index (κ3) is 2.58. The quantitative estimate of drug-likeness (QED) is 0.664. The molecule has 0 radical (unpaired) electrons. The summed E-state index contributed by atoms with van der Waals surface area (Å²) in [5.74, 6) is 1.54. The maximum Gasteiger partial charge on any atom is 0.191 e. The molecule has 6 nitrogen and oxygen atoms in total. The summed E-state index contributed by atoms with van der Waals surface area (Å²) in [6, 6.07) is 13.6. The maximum atomic E-state index is 9.71. The summed E-state index contributed by atoms with van der Waals surface area (Å²) in [7, 11) is 1.93. The molecule has 1 aliphatic rings. The number of phenols is 1. The fourth-order valence-electron chi connectivity index (χ4n) is 3.64. The number of imidazole rings is 1. The van der Waals surface area contributed by atoms with Gasteiger partial charge in [-0.3, -0.25) is 9.98 Å². The van der Waals surface area contributed by atoms with Crippen molar-refractivity contribution in [2.75, 3.05) is 13.6 Å². The second-order valence-electron chi connectivity index (χ2n) is 7.20. The van der Waals surface area contributed by atoms with Gasteiger partial charge in [-0.05, 0) is 50.1 Å². The molecule has 3 N–H and O–H groups in total. The minimum atomic E-state index is -0.276. The molecule has 0 spiro atoms. The van der Waals surface area contributed by atoms with Crippen LogP contribution < -0.4 is 5.32 Å². The second kappa shape index (κ2) is 5.76. The molecular formula is C20H23N5O. The van der Waals surface area contributed by atoms with Gasteiger partial charge in [-0.25, -0.2) is 4.98 Å². The van der Waals surface area contributed by atoms with Crippen molar-refractivity contribution in [1.29, 1.82) is 5.41 Å². The van der Waals surface area contributed by atoms with Gasteiger partial charge < -0.3 is 15.3 Å². The summed E-state index contributed by atoms with van der Waals surface area (Å²) < 4.78 is 2.10. The first-order valence-corrected chi connectivity index (χ1v) is 8.74. The van der Waals surface area contributed by atoms with E-state index in [1.165, 1.54) is 0 Å². The summed E-state index contributed by atoms with van der Waals surface area (Å²) in [5, 5.41) is 21.2. The number of hydrogen-bond acceptors (Lipinski definition) is 3. The number of benzene rings is 2. The summed E-state index contributed by atoms with van der Waals surface area (Å²) in [6.07, 6.45) is 0.923. The lowest BCUT2D eigenvalue weighted by Gasteiger charge is -2.41. The highest BCUT2D eigenvalue weighted by Gasteiger charge is 2.33. The van der Waals surface area contributed by atoms with Crippen molar-refractivity contribution in [3.8, 4) is 11.4 Å². The molecule has 0 bridgehead atoms. The van der Waals surface area contributed by atoms with E-state index in [-0.39, 0.29) is 11.3 Å². The zero-order chi connectivity index (χ0) is 18.5. The monoisotopic (exact) mass is 349 g/mol. The van der Waals surface area contributed by atoms with Crippen molar-refractivity contribution in [3.05, 3.63) is 53.9 Å². The maximum absolute atomic E-state index is 9.71. The lowest BCUT2D eigenvalue weighted by molar-refractivity contribution is 0.284. The van der Waals surface area contributed by atoms with Crippen molar-refractivity contribution in [3.63, 3.8) is 0 Å². The van der Waals surface area contributed by atoms with E-state index in [0.29, 0.717) is 5.96 Å². The van der Waals surface area contributed by atoms with Gasteiger partial charge >= 0.3 is 0 Å². The number of hydrogen-bond donors (Lipinski definition) is 3. The van der Waals surface area contributed by atoms with E-state index >= 15 is 0 Å². The van der Waals surface area contributed by atoms with Crippen molar-refractivity contribution in [1.82, 2.24) is 19.8 Å². The normalized spacial score (nSPS) is 20.4. The highest BCUT2D eigenvalue weighted by atomic mass is 16.3. The Balaban J connectivity index is 1.80. The smallest absolute Gasteiger partial charge is 0.191 e. The molecule has 2 aromatic carbocycles. The molecule has 0 unspecified atom stereocenters. The molecule has 3 aromatic rings. The molecule has 134 valence electrons. The highest BCUT2D eigenvalue weighted by molar-refractivity contribution is 5.80. The van der Waals surface area contributed by atoms with Crippen LogP contribution in [0.5, 0.6) is 5.75 Å². The standard InChI is InChI=1S/C20H23N5O/c1-13-22-17-12-16(26)7-8-18(17)25(13)15-6-4-5-14(11-15)20(2)9-10-24(3)19(21)23-20/h4-8,11-12,26H,9-10H2,1-3H3,(H2,21,23)/t20-/m0/s1. The molecule has 6 heteroatoms. The van der Waals surface area contributed by atoms with Gasteiger partial charge in [0.1, 0.15) is 11.6 Å². The molecule has 1 fully saturated rings. The average Bonchev–Trinajstić information content (AvgIpc) is 2.93. The van der Waals surface area contributed by atoms with Crippen molar-refractivity contribution in [2.45, 2.75) is 25.8 Å². The zero-order valence-corrected chi connectivity index (χ0v) is 15.2. The SMILES string of the molecule is Cc1nc2cc(O)ccc2n1-c1cccc([C@]2(C)CCN(C)C(=N)N2)c1. The first-order valence-electron chi connectivity index (χ1n) is 8.74. The van der Waals surface area contributed by atoms with Crippen molar-refractivity contribution >= 4 is 17.0 Å². The Kier molecular flexibility index (Phi) is 3.64. The molecular weight excluding hydrogens is 326 g/mol. The van der Waals surface area contributed by atoms with Crippen molar-refractivity contribution in [2.24, 2.45) is 0 Å². The lowest BCUT2D eigenvalue weighted by Crippen LogP contribution is -2.55. The fourth-order valence-corrected chi connectivity index (χ4v) is 3.64. The van der Waals surface area contributed by atoms with Crippen LogP contribution >= 0.6 is 0 Å². The fraction of sp³-hybridized carbons (Fsp3) is 0.300. The van der Waals surface area contributed by atoms with Gasteiger partial charge in [0, 0.05) is 25.3 Å². The first-order chi connectivity index (χ1) is 12.4. The van der Waals surface area contributed by atoms with Crippen LogP contribution in [0.15, 0.2) is 42.5 Å². The van der Waals surface area contributed by atoms with Crippen LogP contribution in [0.4, 0.5) is 0 Å². The molecule has 0 amide bonds. The second-order valence-corrected chi connectivity index (χ2v) is 7.20. The van der Waals surface area contributed by atoms with Gasteiger partial charge in [0.2, 0.25) is 0 Å². The predicted octanol–water partition coefficient (Wildman–Crippen LogP) is 3.11. The summed E-state index contributed by atoms with van der Waals surface area (Å²) in [4.78, 5) is 6.50. The molecule has 4 rings (SSSR count). The Hall–Kier alpha value is -3.02. The zero-order valence-electron chi connectivity index (χ0n) is 15.2. The molecule has 1 aliphatic heterocycles. The molecule has 1 saturated heterocycles. The third-order valence-electron chi connectivity index (χ3n) is 5.27. The van der Waals surface area contributed by atoms with E-state index in [1.54, 1.807) is 12.1 Å². The van der Waals surface area contributed by atoms with Crippen LogP contribution in [0.2, 0.25) is 0 Å². The summed E-state index contributed by atoms with van der Waals surface area (Å²) >= 11 is 0. The van der Waals surface area contributed by atoms with Gasteiger partial charge in [0.15, 0.2) is 5.96 Å². The number of aryl methyl sites for hydroxylation is 1. The van der Waals surface area contributed by atoms with E-state index < -0.39 is 0 Å². The van der Waals surface area contributed by atoms with Gasteiger partial charge in [-0.15, -0.1) is 0 Å². The predicted molar refractivity (Wildman–Crippen MR) is 103 cm³/mol. The Morgan fingerprint density at radius 3 is 2.81 bits per heavy atom. The largest absolute Gasteiger partial charge is 0.508 e. The van der Waals surface area contributed by atoms with E-state index in [9.17, 15) is 5.11 Å². The Morgan fingerprint density at radius 2 is 2.04 bits per heavy atom.